The molecule has 1 aliphatic heterocycles. The van der Waals surface area contributed by atoms with Crippen molar-refractivity contribution in [1.82, 2.24) is 14.8 Å². The number of hydrogen-bond acceptors (Lipinski definition) is 4. The van der Waals surface area contributed by atoms with E-state index in [1.807, 2.05) is 13.8 Å². The summed E-state index contributed by atoms with van der Waals surface area (Å²) in [5.41, 5.74) is 0. The van der Waals surface area contributed by atoms with E-state index in [0.29, 0.717) is 13.2 Å². The van der Waals surface area contributed by atoms with Gasteiger partial charge in [0.1, 0.15) is 0 Å². The average molecular weight is 351 g/mol. The number of aromatic nitrogens is 2. The monoisotopic (exact) mass is 351 g/mol. The highest BCUT2D eigenvalue weighted by molar-refractivity contribution is 14.1. The summed E-state index contributed by atoms with van der Waals surface area (Å²) in [6.07, 6.45) is 2.88. The van der Waals surface area contributed by atoms with Crippen molar-refractivity contribution in [1.29, 1.82) is 0 Å². The van der Waals surface area contributed by atoms with Gasteiger partial charge in [0.15, 0.2) is 0 Å². The van der Waals surface area contributed by atoms with Gasteiger partial charge in [0, 0.05) is 0 Å². The van der Waals surface area contributed by atoms with Crippen LogP contribution in [0.3, 0.4) is 0 Å². The molecule has 1 fully saturated rings. The van der Waals surface area contributed by atoms with Gasteiger partial charge in [-0.05, 0) is 36.4 Å². The van der Waals surface area contributed by atoms with E-state index in [0.717, 1.165) is 3.57 Å². The van der Waals surface area contributed by atoms with Gasteiger partial charge in [-0.1, -0.05) is 4.85 Å². The van der Waals surface area contributed by atoms with Crippen molar-refractivity contribution in [2.75, 3.05) is 13.2 Å². The van der Waals surface area contributed by atoms with E-state index in [9.17, 15) is 4.79 Å². The number of carbonyl (C=O) groups is 1. The van der Waals surface area contributed by atoms with Crippen LogP contribution in [0.15, 0.2) is 12.4 Å². The Morgan fingerprint density at radius 3 is 2.71 bits per heavy atom. The second-order valence-corrected chi connectivity index (χ2v) is 5.31. The first-order valence-electron chi connectivity index (χ1n) is 5.36. The topological polar surface area (TPSA) is 56.6 Å². The van der Waals surface area contributed by atoms with Crippen molar-refractivity contribution in [2.45, 2.75) is 25.9 Å². The molecule has 0 aliphatic carbocycles. The predicted octanol–water partition coefficient (Wildman–Crippen LogP) is 1.15. The Morgan fingerprint density at radius 1 is 1.53 bits per heavy atom. The summed E-state index contributed by atoms with van der Waals surface area (Å²) in [6, 6.07) is 0.0294. The van der Waals surface area contributed by atoms with Gasteiger partial charge >= 0.3 is 6.09 Å². The molecule has 0 N–H and O–H groups in total. The molecule has 0 aromatic carbocycles. The summed E-state index contributed by atoms with van der Waals surface area (Å²) in [7, 11) is 0. The number of rotatable bonds is 1. The molecule has 94 valence electrons. The van der Waals surface area contributed by atoms with Gasteiger partial charge in [-0.3, -0.25) is 9.74 Å². The normalized spacial score (nSPS) is 24.8. The molecule has 2 rings (SSSR count). The zero-order chi connectivity index (χ0) is 12.4. The Hall–Kier alpha value is -0.830. The van der Waals surface area contributed by atoms with Crippen LogP contribution in [-0.2, 0) is 4.74 Å². The zero-order valence-corrected chi connectivity index (χ0v) is 11.8. The first-order valence-corrected chi connectivity index (χ1v) is 6.44. The third-order valence-electron chi connectivity index (χ3n) is 2.58. The number of hydrogen-bond donors (Lipinski definition) is 0. The maximum Gasteiger partial charge on any atom is 0.436 e. The largest absolute Gasteiger partial charge is 0.436 e. The van der Waals surface area contributed by atoms with E-state index in [4.69, 9.17) is 9.57 Å². The Labute approximate surface area is 113 Å². The average Bonchev–Trinajstić information content (AvgIpc) is 2.63. The first-order chi connectivity index (χ1) is 8.08. The number of nitrogens with zero attached hydrogens (tertiary/aromatic N) is 3. The summed E-state index contributed by atoms with van der Waals surface area (Å²) < 4.78 is 6.27. The summed E-state index contributed by atoms with van der Waals surface area (Å²) in [5.74, 6) is 0. The highest BCUT2D eigenvalue weighted by Gasteiger charge is 2.31. The maximum absolute atomic E-state index is 12.0. The first kappa shape index (κ1) is 12.6. The lowest BCUT2D eigenvalue weighted by Gasteiger charge is -2.37. The molecule has 0 spiro atoms. The van der Waals surface area contributed by atoms with Gasteiger partial charge in [0.2, 0.25) is 0 Å². The van der Waals surface area contributed by atoms with Crippen molar-refractivity contribution < 1.29 is 14.4 Å². The van der Waals surface area contributed by atoms with Crippen molar-refractivity contribution in [3.63, 3.8) is 0 Å². The van der Waals surface area contributed by atoms with Crippen LogP contribution in [0.2, 0.25) is 0 Å². The molecule has 0 saturated carbocycles. The number of ether oxygens (including phenoxy) is 1. The summed E-state index contributed by atoms with van der Waals surface area (Å²) >= 11 is 2.10. The molecule has 6 nitrogen and oxygen atoms in total. The van der Waals surface area contributed by atoms with Gasteiger partial charge in [-0.15, -0.1) is 5.10 Å². The Morgan fingerprint density at radius 2 is 2.18 bits per heavy atom. The second-order valence-electron chi connectivity index (χ2n) is 4.06. The SMILES string of the molecule is CC1COCC(C)N1C(=O)On1cc(I)cn1. The van der Waals surface area contributed by atoms with Crippen LogP contribution in [0.4, 0.5) is 4.79 Å². The molecule has 0 bridgehead atoms. The number of amides is 1. The fourth-order valence-corrected chi connectivity index (χ4v) is 2.19. The molecule has 17 heavy (non-hydrogen) atoms. The summed E-state index contributed by atoms with van der Waals surface area (Å²) in [5, 5.41) is 3.91. The van der Waals surface area contributed by atoms with E-state index in [1.54, 1.807) is 17.3 Å². The lowest BCUT2D eigenvalue weighted by molar-refractivity contribution is -0.0370. The van der Waals surface area contributed by atoms with E-state index in [2.05, 4.69) is 27.7 Å². The van der Waals surface area contributed by atoms with Gasteiger partial charge in [-0.2, -0.15) is 0 Å². The van der Waals surface area contributed by atoms with Crippen LogP contribution in [0.1, 0.15) is 13.8 Å². The van der Waals surface area contributed by atoms with E-state index >= 15 is 0 Å². The van der Waals surface area contributed by atoms with Gasteiger partial charge in [0.25, 0.3) is 0 Å². The number of carbonyl (C=O) groups excluding carboxylic acids is 1. The number of halogens is 1. The van der Waals surface area contributed by atoms with E-state index in [1.165, 1.54) is 4.85 Å². The molecule has 2 unspecified atom stereocenters. The molecule has 1 aromatic heterocycles. The standard InChI is InChI=1S/C10H14IN3O3/c1-7-5-16-6-8(2)14(7)10(15)17-13-4-9(11)3-12-13/h3-4,7-8H,5-6H2,1-2H3. The third kappa shape index (κ3) is 2.89. The maximum atomic E-state index is 12.0. The van der Waals surface area contributed by atoms with Crippen molar-refractivity contribution in [3.8, 4) is 0 Å². The molecular formula is C10H14IN3O3. The Balaban J connectivity index is 2.03. The Bertz CT molecular complexity index is 399. The Kier molecular flexibility index (Phi) is 3.87. The van der Waals surface area contributed by atoms with Gasteiger partial charge in [-0.25, -0.2) is 4.79 Å². The summed E-state index contributed by atoms with van der Waals surface area (Å²) in [6.45, 7) is 4.94. The quantitative estimate of drug-likeness (QED) is 0.713. The van der Waals surface area contributed by atoms with Crippen LogP contribution in [0.25, 0.3) is 0 Å². The molecule has 1 amide bonds. The zero-order valence-electron chi connectivity index (χ0n) is 9.67. The predicted molar refractivity (Wildman–Crippen MR) is 68.5 cm³/mol. The highest BCUT2D eigenvalue weighted by atomic mass is 127. The molecule has 7 heteroatoms. The van der Waals surface area contributed by atoms with Crippen molar-refractivity contribution in [2.24, 2.45) is 0 Å². The molecule has 1 aliphatic rings. The van der Waals surface area contributed by atoms with E-state index < -0.39 is 6.09 Å². The summed E-state index contributed by atoms with van der Waals surface area (Å²) in [4.78, 5) is 20.0. The van der Waals surface area contributed by atoms with Crippen LogP contribution < -0.4 is 4.84 Å². The fraction of sp³-hybridized carbons (Fsp3) is 0.600. The van der Waals surface area contributed by atoms with Crippen LogP contribution in [-0.4, -0.2) is 46.2 Å². The van der Waals surface area contributed by atoms with Crippen molar-refractivity contribution >= 4 is 28.7 Å². The van der Waals surface area contributed by atoms with Crippen LogP contribution in [0.5, 0.6) is 0 Å². The van der Waals surface area contributed by atoms with Crippen molar-refractivity contribution in [3.05, 3.63) is 16.0 Å². The van der Waals surface area contributed by atoms with Gasteiger partial charge in [0.05, 0.1) is 41.3 Å². The molecule has 1 aromatic rings. The number of morpholine rings is 1. The van der Waals surface area contributed by atoms with Crippen LogP contribution >= 0.6 is 22.6 Å². The molecule has 2 atom stereocenters. The molecule has 1 saturated heterocycles. The lowest BCUT2D eigenvalue weighted by Crippen LogP contribution is -2.54. The highest BCUT2D eigenvalue weighted by Crippen LogP contribution is 2.13. The fourth-order valence-electron chi connectivity index (χ4n) is 1.83. The minimum atomic E-state index is -0.396. The van der Waals surface area contributed by atoms with E-state index in [-0.39, 0.29) is 12.1 Å². The molecular weight excluding hydrogens is 337 g/mol. The van der Waals surface area contributed by atoms with Gasteiger partial charge < -0.3 is 4.74 Å². The molecule has 2 heterocycles. The molecule has 0 radical (unpaired) electrons. The second kappa shape index (κ2) is 5.21. The smallest absolute Gasteiger partial charge is 0.377 e. The van der Waals surface area contributed by atoms with Crippen LogP contribution in [0, 0.1) is 3.57 Å². The third-order valence-corrected chi connectivity index (χ3v) is 3.14. The minimum absolute atomic E-state index is 0.0147. The lowest BCUT2D eigenvalue weighted by atomic mass is 10.2. The minimum Gasteiger partial charge on any atom is -0.377 e.